The average molecular weight is 526 g/mol. The van der Waals surface area contributed by atoms with Crippen molar-refractivity contribution in [3.63, 3.8) is 0 Å². The molecule has 0 heterocycles. The van der Waals surface area contributed by atoms with Gasteiger partial charge in [0, 0.05) is 0 Å². The van der Waals surface area contributed by atoms with Crippen molar-refractivity contribution in [2.45, 2.75) is 128 Å². The molecule has 1 aromatic rings. The van der Waals surface area contributed by atoms with Crippen molar-refractivity contribution >= 4 is 5.97 Å². The van der Waals surface area contributed by atoms with Crippen LogP contribution in [0.2, 0.25) is 0 Å². The lowest BCUT2D eigenvalue weighted by Crippen LogP contribution is -2.41. The van der Waals surface area contributed by atoms with Crippen LogP contribution in [0.5, 0.6) is 0 Å². The van der Waals surface area contributed by atoms with Crippen LogP contribution in [0.1, 0.15) is 122 Å². The SMILES string of the molecule is C[C@H](O)[C@H](C(=O)O)[C@H](CC1(c2ccccc2)CCCC1)[C@H](CCN)CCCC/C=C\CCC1CCCCC1. The quantitative estimate of drug-likeness (QED) is 0.142. The Labute approximate surface area is 232 Å². The van der Waals surface area contributed by atoms with E-state index in [1.807, 2.05) is 0 Å². The summed E-state index contributed by atoms with van der Waals surface area (Å²) in [4.78, 5) is 12.5. The van der Waals surface area contributed by atoms with Gasteiger partial charge in [-0.05, 0) is 93.6 Å². The molecule has 2 saturated carbocycles. The Morgan fingerprint density at radius 3 is 2.32 bits per heavy atom. The summed E-state index contributed by atoms with van der Waals surface area (Å²) >= 11 is 0. The number of carbonyl (C=O) groups is 1. The largest absolute Gasteiger partial charge is 0.481 e. The molecule has 38 heavy (non-hydrogen) atoms. The molecule has 4 N–H and O–H groups in total. The zero-order valence-electron chi connectivity index (χ0n) is 24.0. The van der Waals surface area contributed by atoms with Crippen LogP contribution in [0.3, 0.4) is 0 Å². The lowest BCUT2D eigenvalue weighted by Gasteiger charge is -2.40. The van der Waals surface area contributed by atoms with Crippen molar-refractivity contribution in [2.75, 3.05) is 6.54 Å². The first-order chi connectivity index (χ1) is 18.5. The number of allylic oxidation sites excluding steroid dienone is 2. The lowest BCUT2D eigenvalue weighted by molar-refractivity contribution is -0.150. The molecule has 0 saturated heterocycles. The molecule has 0 aliphatic heterocycles. The zero-order chi connectivity index (χ0) is 27.2. The summed E-state index contributed by atoms with van der Waals surface area (Å²) in [5.74, 6) is -0.549. The number of aliphatic carboxylic acids is 1. The van der Waals surface area contributed by atoms with Crippen LogP contribution in [0.15, 0.2) is 42.5 Å². The molecule has 2 aliphatic carbocycles. The Hall–Kier alpha value is -1.65. The van der Waals surface area contributed by atoms with Gasteiger partial charge in [0.2, 0.25) is 0 Å². The molecule has 4 heteroatoms. The Balaban J connectivity index is 1.63. The Morgan fingerprint density at radius 1 is 1.00 bits per heavy atom. The molecular weight excluding hydrogens is 470 g/mol. The van der Waals surface area contributed by atoms with E-state index in [1.165, 1.54) is 63.4 Å². The summed E-state index contributed by atoms with van der Waals surface area (Å²) in [5, 5.41) is 20.9. The number of rotatable bonds is 17. The maximum absolute atomic E-state index is 12.5. The van der Waals surface area contributed by atoms with Crippen molar-refractivity contribution in [1.82, 2.24) is 0 Å². The number of hydrogen-bond acceptors (Lipinski definition) is 3. The van der Waals surface area contributed by atoms with E-state index in [4.69, 9.17) is 5.73 Å². The second-order valence-electron chi connectivity index (χ2n) is 12.5. The van der Waals surface area contributed by atoms with Gasteiger partial charge >= 0.3 is 5.97 Å². The van der Waals surface area contributed by atoms with Crippen LogP contribution in [-0.2, 0) is 10.2 Å². The normalized spacial score (nSPS) is 21.3. The van der Waals surface area contributed by atoms with Gasteiger partial charge in [-0.1, -0.05) is 100 Å². The average Bonchev–Trinajstić information content (AvgIpc) is 3.39. The van der Waals surface area contributed by atoms with Crippen molar-refractivity contribution in [3.05, 3.63) is 48.0 Å². The third-order valence-corrected chi connectivity index (χ3v) is 9.81. The van der Waals surface area contributed by atoms with Gasteiger partial charge in [0.05, 0.1) is 12.0 Å². The smallest absolute Gasteiger partial charge is 0.309 e. The Morgan fingerprint density at radius 2 is 1.68 bits per heavy atom. The molecule has 0 unspecified atom stereocenters. The standard InChI is InChI=1S/C34H55NO3/c1-27(36)32(33(37)38)31(26-34(23-14-15-24-34)30-20-12-7-13-21-30)29(22-25-35)19-11-5-3-2-4-8-16-28-17-9-6-10-18-28/h2,4,7,12-13,20-21,27-29,31-32,36H,3,5-6,8-11,14-19,22-26,35H2,1H3,(H,37,38)/b4-2-/t27-,29-,31+,32-/m0/s1. The number of aliphatic hydroxyl groups excluding tert-OH is 1. The summed E-state index contributed by atoms with van der Waals surface area (Å²) in [7, 11) is 0. The first-order valence-electron chi connectivity index (χ1n) is 15.8. The van der Waals surface area contributed by atoms with E-state index in [2.05, 4.69) is 42.5 Å². The fraction of sp³-hybridized carbons (Fsp3) is 0.735. The van der Waals surface area contributed by atoms with E-state index in [9.17, 15) is 15.0 Å². The molecular formula is C34H55NO3. The first-order valence-corrected chi connectivity index (χ1v) is 15.8. The molecule has 3 rings (SSSR count). The molecule has 0 aromatic heterocycles. The van der Waals surface area contributed by atoms with Crippen LogP contribution >= 0.6 is 0 Å². The van der Waals surface area contributed by atoms with Crippen LogP contribution in [0, 0.1) is 23.7 Å². The first kappa shape index (κ1) is 30.9. The Bertz CT molecular complexity index is 808. The second-order valence-corrected chi connectivity index (χ2v) is 12.5. The third kappa shape index (κ3) is 9.23. The number of benzene rings is 1. The number of unbranched alkanes of at least 4 members (excludes halogenated alkanes) is 2. The summed E-state index contributed by atoms with van der Waals surface area (Å²) in [6, 6.07) is 10.7. The third-order valence-electron chi connectivity index (χ3n) is 9.81. The van der Waals surface area contributed by atoms with Gasteiger partial charge in [-0.15, -0.1) is 0 Å². The highest BCUT2D eigenvalue weighted by Gasteiger charge is 2.44. The summed E-state index contributed by atoms with van der Waals surface area (Å²) in [5.41, 5.74) is 7.44. The van der Waals surface area contributed by atoms with Crippen LogP contribution in [0.4, 0.5) is 0 Å². The van der Waals surface area contributed by atoms with Gasteiger partial charge in [-0.3, -0.25) is 4.79 Å². The molecule has 4 atom stereocenters. The second kappa shape index (κ2) is 16.5. The number of nitrogens with two attached hydrogens (primary N) is 1. The number of carboxylic acid groups (broad SMARTS) is 1. The van der Waals surface area contributed by atoms with Crippen molar-refractivity contribution in [1.29, 1.82) is 0 Å². The predicted molar refractivity (Wildman–Crippen MR) is 158 cm³/mol. The van der Waals surface area contributed by atoms with E-state index in [0.717, 1.165) is 57.3 Å². The van der Waals surface area contributed by atoms with Crippen molar-refractivity contribution < 1.29 is 15.0 Å². The molecule has 2 fully saturated rings. The maximum Gasteiger partial charge on any atom is 0.309 e. The Kier molecular flexibility index (Phi) is 13.4. The van der Waals surface area contributed by atoms with Gasteiger partial charge in [0.15, 0.2) is 0 Å². The highest BCUT2D eigenvalue weighted by atomic mass is 16.4. The fourth-order valence-corrected chi connectivity index (χ4v) is 7.74. The minimum Gasteiger partial charge on any atom is -0.481 e. The number of hydrogen-bond donors (Lipinski definition) is 3. The summed E-state index contributed by atoms with van der Waals surface area (Å²) in [6.07, 6.45) is 24.0. The summed E-state index contributed by atoms with van der Waals surface area (Å²) < 4.78 is 0. The number of carboxylic acids is 1. The van der Waals surface area contributed by atoms with Crippen LogP contribution in [-0.4, -0.2) is 28.8 Å². The molecule has 2 aliphatic rings. The van der Waals surface area contributed by atoms with E-state index in [-0.39, 0.29) is 17.3 Å². The molecule has 0 radical (unpaired) electrons. The van der Waals surface area contributed by atoms with Gasteiger partial charge < -0.3 is 15.9 Å². The molecule has 214 valence electrons. The lowest BCUT2D eigenvalue weighted by atomic mass is 9.64. The molecule has 1 aromatic carbocycles. The van der Waals surface area contributed by atoms with Gasteiger partial charge in [0.1, 0.15) is 0 Å². The minimum absolute atomic E-state index is 0.00242. The highest BCUT2D eigenvalue weighted by Crippen LogP contribution is 2.49. The summed E-state index contributed by atoms with van der Waals surface area (Å²) in [6.45, 7) is 2.22. The maximum atomic E-state index is 12.5. The molecule has 0 spiro atoms. The molecule has 0 amide bonds. The predicted octanol–water partition coefficient (Wildman–Crippen LogP) is 8.03. The molecule has 4 nitrogen and oxygen atoms in total. The van der Waals surface area contributed by atoms with E-state index < -0.39 is 18.0 Å². The fourth-order valence-electron chi connectivity index (χ4n) is 7.74. The zero-order valence-corrected chi connectivity index (χ0v) is 24.0. The monoisotopic (exact) mass is 525 g/mol. The van der Waals surface area contributed by atoms with Crippen molar-refractivity contribution in [2.24, 2.45) is 29.4 Å². The minimum atomic E-state index is -0.876. The molecule has 0 bridgehead atoms. The van der Waals surface area contributed by atoms with E-state index in [1.54, 1.807) is 6.92 Å². The number of aliphatic hydroxyl groups is 1. The van der Waals surface area contributed by atoms with E-state index >= 15 is 0 Å². The van der Waals surface area contributed by atoms with Crippen molar-refractivity contribution in [3.8, 4) is 0 Å². The highest BCUT2D eigenvalue weighted by molar-refractivity contribution is 5.71. The van der Waals surface area contributed by atoms with E-state index in [0.29, 0.717) is 6.54 Å². The van der Waals surface area contributed by atoms with Crippen LogP contribution < -0.4 is 5.73 Å². The van der Waals surface area contributed by atoms with Crippen LogP contribution in [0.25, 0.3) is 0 Å². The van der Waals surface area contributed by atoms with Gasteiger partial charge in [-0.2, -0.15) is 0 Å². The van der Waals surface area contributed by atoms with Gasteiger partial charge in [-0.25, -0.2) is 0 Å². The topological polar surface area (TPSA) is 83.5 Å². The van der Waals surface area contributed by atoms with Gasteiger partial charge in [0.25, 0.3) is 0 Å².